The Bertz CT molecular complexity index is 193. The summed E-state index contributed by atoms with van der Waals surface area (Å²) in [5.41, 5.74) is 0.381. The normalized spacial score (nSPS) is 27.4. The van der Waals surface area contributed by atoms with Crippen LogP contribution in [-0.2, 0) is 11.3 Å². The van der Waals surface area contributed by atoms with E-state index in [9.17, 15) is 4.21 Å². The Morgan fingerprint density at radius 3 is 1.70 bits per heavy atom. The maximum Gasteiger partial charge on any atom is 0.0887 e. The third-order valence-electron chi connectivity index (χ3n) is 2.20. The molecule has 1 aliphatic carbocycles. The third-order valence-corrected chi connectivity index (χ3v) is 3.47. The van der Waals surface area contributed by atoms with Gasteiger partial charge in [0.2, 0.25) is 0 Å². The molecule has 0 spiro atoms. The average Bonchev–Trinajstić information content (AvgIpc) is 1.59. The Balaban J connectivity index is 2.95. The molecule has 0 bridgehead atoms. The van der Waals surface area contributed by atoms with Crippen LogP contribution in [0.4, 0.5) is 0 Å². The Hall–Kier alpha value is -0.110. The van der Waals surface area contributed by atoms with Gasteiger partial charge < -0.3 is 0 Å². The van der Waals surface area contributed by atoms with Crippen LogP contribution in [-0.4, -0.2) is 9.07 Å². The minimum absolute atomic E-state index is 0.190. The molecule has 2 heteroatoms. The highest BCUT2D eigenvalue weighted by atomic mass is 32.1. The van der Waals surface area contributed by atoms with E-state index in [0.717, 1.165) is 11.3 Å². The van der Waals surface area contributed by atoms with Crippen LogP contribution in [0, 0.1) is 10.8 Å². The van der Waals surface area contributed by atoms with E-state index in [4.69, 9.17) is 0 Å². The van der Waals surface area contributed by atoms with Crippen molar-refractivity contribution in [1.82, 2.24) is 0 Å². The zero-order chi connectivity index (χ0) is 7.99. The largest absolute Gasteiger partial charge is 0.212 e. The van der Waals surface area contributed by atoms with Crippen LogP contribution < -0.4 is 0 Å². The number of hydrogen-bond donors (Lipinski definition) is 0. The van der Waals surface area contributed by atoms with Crippen LogP contribution in [0.15, 0.2) is 0 Å². The molecule has 1 fully saturated rings. The molecule has 10 heavy (non-hydrogen) atoms. The second-order valence-electron chi connectivity index (χ2n) is 4.36. The lowest BCUT2D eigenvalue weighted by atomic mass is 9.56. The molecule has 0 aliphatic heterocycles. The lowest BCUT2D eigenvalue weighted by molar-refractivity contribution is 0.241. The average molecular weight is 158 g/mol. The Kier molecular flexibility index (Phi) is 1.55. The molecule has 1 aliphatic rings. The van der Waals surface area contributed by atoms with Crippen LogP contribution >= 0.6 is 0 Å². The minimum Gasteiger partial charge on any atom is -0.212 e. The maximum atomic E-state index is 10.6. The van der Waals surface area contributed by atoms with E-state index in [1.54, 1.807) is 0 Å². The van der Waals surface area contributed by atoms with Gasteiger partial charge in [-0.05, 0) is 17.3 Å². The van der Waals surface area contributed by atoms with Gasteiger partial charge in [-0.15, -0.1) is 0 Å². The fourth-order valence-electron chi connectivity index (χ4n) is 2.30. The van der Waals surface area contributed by atoms with Gasteiger partial charge in [-0.25, -0.2) is 4.21 Å². The topological polar surface area (TPSA) is 17.1 Å². The van der Waals surface area contributed by atoms with Crippen LogP contribution in [0.25, 0.3) is 0 Å². The minimum atomic E-state index is 0.190. The van der Waals surface area contributed by atoms with E-state index < -0.39 is 0 Å². The Labute approximate surface area is 65.9 Å². The van der Waals surface area contributed by atoms with Gasteiger partial charge in [0.25, 0.3) is 0 Å². The highest BCUT2D eigenvalue weighted by Gasteiger charge is 2.49. The lowest BCUT2D eigenvalue weighted by Crippen LogP contribution is -2.50. The van der Waals surface area contributed by atoms with Crippen LogP contribution in [0.1, 0.15) is 34.1 Å². The molecule has 1 saturated carbocycles. The van der Waals surface area contributed by atoms with Gasteiger partial charge in [0.05, 0.1) is 11.3 Å². The summed E-state index contributed by atoms with van der Waals surface area (Å²) in [5, 5.41) is 0. The second kappa shape index (κ2) is 1.94. The molecule has 0 saturated heterocycles. The van der Waals surface area contributed by atoms with Crippen molar-refractivity contribution in [3.05, 3.63) is 0 Å². The van der Waals surface area contributed by atoms with Crippen molar-refractivity contribution >= 4 is 16.1 Å². The van der Waals surface area contributed by atoms with Crippen LogP contribution in [0.3, 0.4) is 0 Å². The van der Waals surface area contributed by atoms with Gasteiger partial charge in [-0.2, -0.15) is 0 Å². The van der Waals surface area contributed by atoms with Gasteiger partial charge in [0.15, 0.2) is 0 Å². The molecular weight excluding hydrogens is 144 g/mol. The van der Waals surface area contributed by atoms with Crippen molar-refractivity contribution in [2.75, 3.05) is 0 Å². The van der Waals surface area contributed by atoms with Gasteiger partial charge in [-0.3, -0.25) is 0 Å². The predicted octanol–water partition coefficient (Wildman–Crippen LogP) is 1.83. The quantitative estimate of drug-likeness (QED) is 0.491. The Morgan fingerprint density at radius 2 is 1.60 bits per heavy atom. The van der Waals surface area contributed by atoms with Gasteiger partial charge in [0, 0.05) is 4.86 Å². The highest BCUT2D eigenvalue weighted by Crippen LogP contribution is 2.49. The Morgan fingerprint density at radius 1 is 1.20 bits per heavy atom. The molecule has 0 aromatic heterocycles. The number of rotatable bonds is 0. The first-order chi connectivity index (χ1) is 4.40. The van der Waals surface area contributed by atoms with Crippen LogP contribution in [0.2, 0.25) is 0 Å². The van der Waals surface area contributed by atoms with Crippen molar-refractivity contribution in [1.29, 1.82) is 0 Å². The van der Waals surface area contributed by atoms with E-state index >= 15 is 0 Å². The summed E-state index contributed by atoms with van der Waals surface area (Å²) in [6.07, 6.45) is 1.14. The fraction of sp³-hybridized carbons (Fsp3) is 0.875. The maximum absolute atomic E-state index is 10.6. The first-order valence-corrected chi connectivity index (χ1v) is 4.32. The first-order valence-electron chi connectivity index (χ1n) is 3.58. The summed E-state index contributed by atoms with van der Waals surface area (Å²) in [7, 11) is 0. The van der Waals surface area contributed by atoms with Gasteiger partial charge >= 0.3 is 0 Å². The van der Waals surface area contributed by atoms with Gasteiger partial charge in [-0.1, -0.05) is 27.7 Å². The molecule has 0 aromatic carbocycles. The van der Waals surface area contributed by atoms with Crippen molar-refractivity contribution in [2.24, 2.45) is 10.8 Å². The van der Waals surface area contributed by atoms with E-state index in [0.29, 0.717) is 11.3 Å². The molecule has 1 nitrogen and oxygen atoms in total. The van der Waals surface area contributed by atoms with Crippen molar-refractivity contribution < 1.29 is 4.21 Å². The summed E-state index contributed by atoms with van der Waals surface area (Å²) in [5.74, 6) is 0. The summed E-state index contributed by atoms with van der Waals surface area (Å²) < 4.78 is 10.6. The van der Waals surface area contributed by atoms with Crippen molar-refractivity contribution in [3.8, 4) is 0 Å². The van der Waals surface area contributed by atoms with E-state index in [-0.39, 0.29) is 10.8 Å². The molecule has 0 heterocycles. The molecule has 0 amide bonds. The molecule has 0 radical (unpaired) electrons. The predicted molar refractivity (Wildman–Crippen MR) is 45.3 cm³/mol. The highest BCUT2D eigenvalue weighted by molar-refractivity contribution is 7.66. The summed E-state index contributed by atoms with van der Waals surface area (Å²) in [6, 6.07) is 0. The second-order valence-corrected chi connectivity index (χ2v) is 4.93. The van der Waals surface area contributed by atoms with Crippen molar-refractivity contribution in [2.45, 2.75) is 34.1 Å². The zero-order valence-corrected chi connectivity index (χ0v) is 7.84. The molecule has 0 N–H and O–H groups in total. The standard InChI is InChI=1S/C8H14OS/c1-7(2)5-8(3,4)6(7)10-9/h5H2,1-4H3. The van der Waals surface area contributed by atoms with Gasteiger partial charge in [0.1, 0.15) is 0 Å². The van der Waals surface area contributed by atoms with Crippen LogP contribution in [0.5, 0.6) is 0 Å². The van der Waals surface area contributed by atoms with E-state index in [1.807, 2.05) is 0 Å². The number of hydrogen-bond acceptors (Lipinski definition) is 1. The van der Waals surface area contributed by atoms with Crippen molar-refractivity contribution in [3.63, 3.8) is 0 Å². The SMILES string of the molecule is CC1(C)CC(C)(C)C1=S=O. The lowest BCUT2D eigenvalue weighted by Gasteiger charge is -2.49. The summed E-state index contributed by atoms with van der Waals surface area (Å²) >= 11 is 0.692. The summed E-state index contributed by atoms with van der Waals surface area (Å²) in [4.78, 5) is 1.11. The fourth-order valence-corrected chi connectivity index (χ4v) is 2.90. The molecule has 1 rings (SSSR count). The van der Waals surface area contributed by atoms with E-state index in [1.165, 1.54) is 0 Å². The smallest absolute Gasteiger partial charge is 0.0887 e. The molecule has 0 unspecified atom stereocenters. The monoisotopic (exact) mass is 158 g/mol. The van der Waals surface area contributed by atoms with E-state index in [2.05, 4.69) is 27.7 Å². The zero-order valence-electron chi connectivity index (χ0n) is 7.02. The molecule has 0 aromatic rings. The third kappa shape index (κ3) is 0.947. The molecule has 0 atom stereocenters. The summed E-state index contributed by atoms with van der Waals surface area (Å²) in [6.45, 7) is 8.55. The molecule has 58 valence electrons. The first kappa shape index (κ1) is 7.99. The molecular formula is C8H14OS.